The molecule has 2 aromatic heterocycles. The summed E-state index contributed by atoms with van der Waals surface area (Å²) in [6.45, 7) is 0. The van der Waals surface area contributed by atoms with Crippen molar-refractivity contribution >= 4 is 43.6 Å². The fourth-order valence-electron chi connectivity index (χ4n) is 7.83. The van der Waals surface area contributed by atoms with Crippen LogP contribution in [0.4, 0.5) is 0 Å². The minimum Gasteiger partial charge on any atom is -0.309 e. The zero-order valence-corrected chi connectivity index (χ0v) is 27.4. The minimum absolute atomic E-state index is 1.17. The topological polar surface area (TPSA) is 9.86 Å². The molecule has 0 bridgehead atoms. The minimum atomic E-state index is 1.17. The van der Waals surface area contributed by atoms with Crippen molar-refractivity contribution < 1.29 is 0 Å². The predicted octanol–water partition coefficient (Wildman–Crippen LogP) is 12.9. The van der Waals surface area contributed by atoms with Gasteiger partial charge in [0.2, 0.25) is 0 Å². The van der Waals surface area contributed by atoms with Crippen LogP contribution in [-0.4, -0.2) is 9.13 Å². The van der Waals surface area contributed by atoms with Crippen LogP contribution >= 0.6 is 0 Å². The van der Waals surface area contributed by atoms with Gasteiger partial charge in [-0.2, -0.15) is 0 Å². The van der Waals surface area contributed by atoms with E-state index in [-0.39, 0.29) is 0 Å². The number of nitrogens with zero attached hydrogens (tertiary/aromatic N) is 2. The van der Waals surface area contributed by atoms with Gasteiger partial charge in [-0.25, -0.2) is 0 Å². The molecular weight excluding hydrogens is 605 g/mol. The van der Waals surface area contributed by atoms with Gasteiger partial charge in [0.05, 0.1) is 27.8 Å². The van der Waals surface area contributed by atoms with Gasteiger partial charge in [-0.05, 0) is 82.4 Å². The smallest absolute Gasteiger partial charge is 0.0547 e. The van der Waals surface area contributed by atoms with Gasteiger partial charge in [0, 0.05) is 32.8 Å². The Bertz CT molecular complexity index is 2860. The van der Waals surface area contributed by atoms with Crippen molar-refractivity contribution in [3.05, 3.63) is 194 Å². The molecule has 8 aromatic carbocycles. The van der Waals surface area contributed by atoms with E-state index in [1.807, 2.05) is 0 Å². The average Bonchev–Trinajstić information content (AvgIpc) is 3.71. The maximum atomic E-state index is 2.44. The fraction of sp³-hybridized carbons (Fsp3) is 0. The monoisotopic (exact) mass is 636 g/mol. The van der Waals surface area contributed by atoms with E-state index in [0.717, 1.165) is 0 Å². The first-order valence-corrected chi connectivity index (χ1v) is 17.2. The molecule has 50 heavy (non-hydrogen) atoms. The normalized spacial score (nSPS) is 11.6. The van der Waals surface area contributed by atoms with E-state index >= 15 is 0 Å². The van der Waals surface area contributed by atoms with Gasteiger partial charge >= 0.3 is 0 Å². The lowest BCUT2D eigenvalue weighted by molar-refractivity contribution is 1.18. The molecule has 0 fully saturated rings. The number of fused-ring (bicyclic) bond motifs is 6. The summed E-state index contributed by atoms with van der Waals surface area (Å²) in [5, 5.41) is 5.02. The third kappa shape index (κ3) is 4.50. The van der Waals surface area contributed by atoms with Crippen molar-refractivity contribution in [3.63, 3.8) is 0 Å². The second-order valence-corrected chi connectivity index (χ2v) is 13.0. The highest BCUT2D eigenvalue weighted by molar-refractivity contribution is 6.12. The molecule has 2 heterocycles. The Kier molecular flexibility index (Phi) is 6.53. The second kappa shape index (κ2) is 11.5. The lowest BCUT2D eigenvalue weighted by Crippen LogP contribution is -1.97. The Hall–Kier alpha value is -6.64. The second-order valence-electron chi connectivity index (χ2n) is 13.0. The Morgan fingerprint density at radius 3 is 1.62 bits per heavy atom. The SMILES string of the molecule is c1ccc(-c2cccc(-c3ccccc3-n3c4ccccc4c4cc(-c5ccc6c7ccccc7n(-c7ccccc7)c6c5)ccc43)c2)cc1. The van der Waals surface area contributed by atoms with Crippen molar-refractivity contribution in [2.24, 2.45) is 0 Å². The number of rotatable bonds is 5. The highest BCUT2D eigenvalue weighted by atomic mass is 15.0. The number of aromatic nitrogens is 2. The lowest BCUT2D eigenvalue weighted by Gasteiger charge is -2.15. The molecule has 0 saturated carbocycles. The van der Waals surface area contributed by atoms with Crippen molar-refractivity contribution in [2.45, 2.75) is 0 Å². The van der Waals surface area contributed by atoms with Crippen molar-refractivity contribution in [1.82, 2.24) is 9.13 Å². The van der Waals surface area contributed by atoms with Crippen LogP contribution in [0.2, 0.25) is 0 Å². The first-order chi connectivity index (χ1) is 24.8. The molecule has 0 aliphatic carbocycles. The molecule has 0 unspecified atom stereocenters. The van der Waals surface area contributed by atoms with Gasteiger partial charge < -0.3 is 9.13 Å². The van der Waals surface area contributed by atoms with Crippen LogP contribution in [0.1, 0.15) is 0 Å². The van der Waals surface area contributed by atoms with Crippen LogP contribution in [0.3, 0.4) is 0 Å². The van der Waals surface area contributed by atoms with Gasteiger partial charge in [0.1, 0.15) is 0 Å². The molecule has 0 N–H and O–H groups in total. The molecule has 10 aromatic rings. The maximum Gasteiger partial charge on any atom is 0.0547 e. The summed E-state index contributed by atoms with van der Waals surface area (Å²) in [7, 11) is 0. The Balaban J connectivity index is 1.15. The van der Waals surface area contributed by atoms with Crippen molar-refractivity contribution in [3.8, 4) is 44.8 Å². The number of hydrogen-bond acceptors (Lipinski definition) is 0. The first kappa shape index (κ1) is 28.4. The van der Waals surface area contributed by atoms with Crippen LogP contribution in [-0.2, 0) is 0 Å². The Labute approximate surface area is 290 Å². The largest absolute Gasteiger partial charge is 0.309 e. The van der Waals surface area contributed by atoms with E-state index in [1.54, 1.807) is 0 Å². The van der Waals surface area contributed by atoms with Crippen LogP contribution in [0.15, 0.2) is 194 Å². The molecule has 0 spiro atoms. The van der Waals surface area contributed by atoms with Crippen molar-refractivity contribution in [2.75, 3.05) is 0 Å². The maximum absolute atomic E-state index is 2.44. The van der Waals surface area contributed by atoms with Gasteiger partial charge in [-0.1, -0.05) is 140 Å². The third-order valence-corrected chi connectivity index (χ3v) is 10.1. The molecule has 0 amide bonds. The van der Waals surface area contributed by atoms with E-state index in [1.165, 1.54) is 88.4 Å². The van der Waals surface area contributed by atoms with Crippen LogP contribution < -0.4 is 0 Å². The van der Waals surface area contributed by atoms with Gasteiger partial charge in [0.15, 0.2) is 0 Å². The third-order valence-electron chi connectivity index (χ3n) is 10.1. The summed E-state index contributed by atoms with van der Waals surface area (Å²) in [6.07, 6.45) is 0. The molecule has 234 valence electrons. The molecule has 2 heteroatoms. The fourth-order valence-corrected chi connectivity index (χ4v) is 7.83. The molecule has 0 atom stereocenters. The Morgan fingerprint density at radius 2 is 0.800 bits per heavy atom. The number of hydrogen-bond donors (Lipinski definition) is 0. The predicted molar refractivity (Wildman–Crippen MR) is 211 cm³/mol. The van der Waals surface area contributed by atoms with Crippen LogP contribution in [0, 0.1) is 0 Å². The zero-order valence-electron chi connectivity index (χ0n) is 27.4. The lowest BCUT2D eigenvalue weighted by atomic mass is 9.98. The highest BCUT2D eigenvalue weighted by Crippen LogP contribution is 2.40. The van der Waals surface area contributed by atoms with Crippen LogP contribution in [0.25, 0.3) is 88.4 Å². The number of para-hydroxylation sites is 4. The number of benzene rings is 8. The summed E-state index contributed by atoms with van der Waals surface area (Å²) in [6, 6.07) is 70.4. The first-order valence-electron chi connectivity index (χ1n) is 17.2. The van der Waals surface area contributed by atoms with E-state index in [2.05, 4.69) is 203 Å². The molecule has 10 rings (SSSR count). The Morgan fingerprint density at radius 1 is 0.260 bits per heavy atom. The highest BCUT2D eigenvalue weighted by Gasteiger charge is 2.18. The molecule has 0 radical (unpaired) electrons. The summed E-state index contributed by atoms with van der Waals surface area (Å²) in [5.41, 5.74) is 14.4. The van der Waals surface area contributed by atoms with Gasteiger partial charge in [0.25, 0.3) is 0 Å². The summed E-state index contributed by atoms with van der Waals surface area (Å²) in [5.74, 6) is 0. The molecular formula is C48H32N2. The summed E-state index contributed by atoms with van der Waals surface area (Å²) in [4.78, 5) is 0. The molecule has 0 aliphatic heterocycles. The standard InChI is InChI=1S/C48H32N2/c1-3-14-33(15-4-1)34-16-13-17-37(30-34)39-20-7-10-23-44(39)50-46-25-12-9-22-41(46)43-31-35(27-29-47(43)50)36-26-28-42-40-21-8-11-24-45(40)49(48(42)32-36)38-18-5-2-6-19-38/h1-32H. The zero-order chi connectivity index (χ0) is 33.0. The average molecular weight is 637 g/mol. The van der Waals surface area contributed by atoms with Gasteiger partial charge in [-0.15, -0.1) is 0 Å². The van der Waals surface area contributed by atoms with E-state index in [0.29, 0.717) is 0 Å². The molecule has 0 aliphatic rings. The molecule has 2 nitrogen and oxygen atoms in total. The van der Waals surface area contributed by atoms with Gasteiger partial charge in [-0.3, -0.25) is 0 Å². The van der Waals surface area contributed by atoms with Crippen LogP contribution in [0.5, 0.6) is 0 Å². The molecule has 0 saturated heterocycles. The quantitative estimate of drug-likeness (QED) is 0.178. The van der Waals surface area contributed by atoms with Crippen molar-refractivity contribution in [1.29, 1.82) is 0 Å². The van der Waals surface area contributed by atoms with E-state index in [9.17, 15) is 0 Å². The summed E-state index contributed by atoms with van der Waals surface area (Å²) >= 11 is 0. The van der Waals surface area contributed by atoms with E-state index < -0.39 is 0 Å². The summed E-state index contributed by atoms with van der Waals surface area (Å²) < 4.78 is 4.83. The van der Waals surface area contributed by atoms with E-state index in [4.69, 9.17) is 0 Å².